The van der Waals surface area contributed by atoms with Crippen molar-refractivity contribution in [3.63, 3.8) is 0 Å². The average molecular weight is 466 g/mol. The van der Waals surface area contributed by atoms with Crippen LogP contribution in [0.3, 0.4) is 0 Å². The summed E-state index contributed by atoms with van der Waals surface area (Å²) in [6.45, 7) is 1.70. The Balaban J connectivity index is 1.34. The Bertz CT molecular complexity index is 1350. The van der Waals surface area contributed by atoms with Gasteiger partial charge < -0.3 is 15.0 Å². The van der Waals surface area contributed by atoms with Gasteiger partial charge in [-0.25, -0.2) is 14.3 Å². The largest absolute Gasteiger partial charge is 0.452 e. The highest BCUT2D eigenvalue weighted by Crippen LogP contribution is 2.18. The zero-order valence-electron chi connectivity index (χ0n) is 17.6. The first-order valence-electron chi connectivity index (χ1n) is 10.0. The van der Waals surface area contributed by atoms with Crippen LogP contribution in [0.5, 0.6) is 0 Å². The van der Waals surface area contributed by atoms with E-state index in [0.29, 0.717) is 23.1 Å². The number of amides is 1. The molecule has 0 radical (unpaired) electrons. The van der Waals surface area contributed by atoms with Crippen LogP contribution in [0.2, 0.25) is 5.02 Å². The molecule has 4 rings (SSSR count). The second-order valence-corrected chi connectivity index (χ2v) is 7.61. The van der Waals surface area contributed by atoms with Gasteiger partial charge in [-0.2, -0.15) is 5.10 Å². The number of anilines is 1. The number of H-pyrrole nitrogens is 1. The van der Waals surface area contributed by atoms with Gasteiger partial charge in [0.25, 0.3) is 5.91 Å². The Morgan fingerprint density at radius 2 is 1.88 bits per heavy atom. The second kappa shape index (κ2) is 9.58. The minimum atomic E-state index is -0.653. The minimum absolute atomic E-state index is 0.261. The summed E-state index contributed by atoms with van der Waals surface area (Å²) in [5, 5.41) is 7.47. The Kier molecular flexibility index (Phi) is 6.41. The van der Waals surface area contributed by atoms with Crippen molar-refractivity contribution < 1.29 is 14.3 Å². The Morgan fingerprint density at radius 3 is 2.58 bits per heavy atom. The van der Waals surface area contributed by atoms with E-state index >= 15 is 0 Å². The molecular weight excluding hydrogens is 446 g/mol. The van der Waals surface area contributed by atoms with Gasteiger partial charge in [-0.05, 0) is 42.8 Å². The Morgan fingerprint density at radius 1 is 1.12 bits per heavy atom. The fraction of sp³-hybridized carbons (Fsp3) is 0.130. The summed E-state index contributed by atoms with van der Waals surface area (Å²) in [6, 6.07) is 15.3. The lowest BCUT2D eigenvalue weighted by Gasteiger charge is -2.11. The van der Waals surface area contributed by atoms with E-state index < -0.39 is 18.5 Å². The van der Waals surface area contributed by atoms with E-state index in [4.69, 9.17) is 16.3 Å². The molecule has 0 saturated carbocycles. The molecule has 168 valence electrons. The summed E-state index contributed by atoms with van der Waals surface area (Å²) in [4.78, 5) is 39.1. The molecule has 33 heavy (non-hydrogen) atoms. The van der Waals surface area contributed by atoms with Crippen LogP contribution in [-0.4, -0.2) is 37.8 Å². The monoisotopic (exact) mass is 465 g/mol. The van der Waals surface area contributed by atoms with Crippen molar-refractivity contribution in [1.82, 2.24) is 19.3 Å². The highest BCUT2D eigenvalue weighted by atomic mass is 35.5. The number of carbonyl (C=O) groups is 2. The average Bonchev–Trinajstić information content (AvgIpc) is 3.39. The number of imidazole rings is 1. The predicted molar refractivity (Wildman–Crippen MR) is 123 cm³/mol. The SMILES string of the molecule is Cc1c[nH]c(=O)n1-c1ccc(C(=O)OCC(=O)Nc2ccnn2Cc2ccccc2Cl)cc1. The van der Waals surface area contributed by atoms with Gasteiger partial charge in [-0.15, -0.1) is 0 Å². The van der Waals surface area contributed by atoms with Crippen molar-refractivity contribution in [3.05, 3.63) is 99.3 Å². The molecule has 1 amide bonds. The molecule has 10 heteroatoms. The first-order valence-corrected chi connectivity index (χ1v) is 10.4. The number of rotatable bonds is 7. The van der Waals surface area contributed by atoms with Crippen LogP contribution in [0.1, 0.15) is 21.6 Å². The molecule has 0 aliphatic heterocycles. The lowest BCUT2D eigenvalue weighted by Crippen LogP contribution is -2.23. The Hall–Kier alpha value is -4.11. The normalized spacial score (nSPS) is 10.7. The van der Waals surface area contributed by atoms with Crippen LogP contribution in [0.15, 0.2) is 71.8 Å². The number of ether oxygens (including phenoxy) is 1. The van der Waals surface area contributed by atoms with Gasteiger partial charge in [0.1, 0.15) is 5.82 Å². The molecule has 9 nitrogen and oxygen atoms in total. The zero-order chi connectivity index (χ0) is 23.4. The van der Waals surface area contributed by atoms with E-state index in [1.54, 1.807) is 48.3 Å². The van der Waals surface area contributed by atoms with Crippen LogP contribution in [0, 0.1) is 6.92 Å². The number of benzene rings is 2. The third kappa shape index (κ3) is 5.04. The molecular formula is C23H20ClN5O4. The molecule has 2 aromatic carbocycles. The van der Waals surface area contributed by atoms with Gasteiger partial charge in [0.15, 0.2) is 6.61 Å². The summed E-state index contributed by atoms with van der Waals surface area (Å²) >= 11 is 6.19. The first kappa shape index (κ1) is 22.1. The third-order valence-corrected chi connectivity index (χ3v) is 5.29. The van der Waals surface area contributed by atoms with E-state index in [0.717, 1.165) is 11.3 Å². The maximum absolute atomic E-state index is 12.3. The molecule has 0 bridgehead atoms. The molecule has 0 aliphatic rings. The number of aromatic nitrogens is 4. The number of nitrogens with one attached hydrogen (secondary N) is 2. The predicted octanol–water partition coefficient (Wildman–Crippen LogP) is 3.17. The number of hydrogen-bond donors (Lipinski definition) is 2. The summed E-state index contributed by atoms with van der Waals surface area (Å²) in [5.41, 5.74) is 2.19. The highest BCUT2D eigenvalue weighted by molar-refractivity contribution is 6.31. The summed E-state index contributed by atoms with van der Waals surface area (Å²) in [7, 11) is 0. The molecule has 2 aromatic heterocycles. The number of aromatic amines is 1. The van der Waals surface area contributed by atoms with Crippen molar-refractivity contribution >= 4 is 29.3 Å². The quantitative estimate of drug-likeness (QED) is 0.407. The summed E-state index contributed by atoms with van der Waals surface area (Å²) in [5.74, 6) is -0.706. The van der Waals surface area contributed by atoms with E-state index in [-0.39, 0.29) is 11.3 Å². The van der Waals surface area contributed by atoms with Gasteiger partial charge in [-0.3, -0.25) is 9.36 Å². The topological polar surface area (TPSA) is 111 Å². The fourth-order valence-corrected chi connectivity index (χ4v) is 3.46. The zero-order valence-corrected chi connectivity index (χ0v) is 18.4. The molecule has 0 saturated heterocycles. The Labute approximate surface area is 193 Å². The lowest BCUT2D eigenvalue weighted by atomic mass is 10.2. The maximum Gasteiger partial charge on any atom is 0.338 e. The van der Waals surface area contributed by atoms with E-state index in [2.05, 4.69) is 15.4 Å². The summed E-state index contributed by atoms with van der Waals surface area (Å²) in [6.07, 6.45) is 3.15. The van der Waals surface area contributed by atoms with Gasteiger partial charge in [0.05, 0.1) is 24.0 Å². The number of hydrogen-bond acceptors (Lipinski definition) is 5. The third-order valence-electron chi connectivity index (χ3n) is 4.92. The molecule has 0 aliphatic carbocycles. The van der Waals surface area contributed by atoms with Crippen LogP contribution >= 0.6 is 11.6 Å². The van der Waals surface area contributed by atoms with E-state index in [9.17, 15) is 14.4 Å². The van der Waals surface area contributed by atoms with Crippen LogP contribution in [0.4, 0.5) is 5.82 Å². The van der Waals surface area contributed by atoms with Gasteiger partial charge in [0.2, 0.25) is 0 Å². The first-order chi connectivity index (χ1) is 15.9. The van der Waals surface area contributed by atoms with Crippen molar-refractivity contribution in [3.8, 4) is 5.69 Å². The smallest absolute Gasteiger partial charge is 0.338 e. The van der Waals surface area contributed by atoms with Gasteiger partial charge in [0, 0.05) is 23.0 Å². The number of aryl methyl sites for hydroxylation is 1. The molecule has 0 atom stereocenters. The molecule has 4 aromatic rings. The lowest BCUT2D eigenvalue weighted by molar-refractivity contribution is -0.119. The van der Waals surface area contributed by atoms with Gasteiger partial charge >= 0.3 is 11.7 Å². The number of esters is 1. The maximum atomic E-state index is 12.3. The van der Waals surface area contributed by atoms with Crippen molar-refractivity contribution in [2.75, 3.05) is 11.9 Å². The van der Waals surface area contributed by atoms with E-state index in [1.807, 2.05) is 18.2 Å². The van der Waals surface area contributed by atoms with E-state index in [1.165, 1.54) is 16.7 Å². The van der Waals surface area contributed by atoms with Crippen LogP contribution in [0.25, 0.3) is 5.69 Å². The fourth-order valence-electron chi connectivity index (χ4n) is 3.27. The minimum Gasteiger partial charge on any atom is -0.452 e. The molecule has 0 unspecified atom stereocenters. The second-order valence-electron chi connectivity index (χ2n) is 7.21. The molecule has 2 N–H and O–H groups in total. The number of nitrogens with zero attached hydrogens (tertiary/aromatic N) is 3. The standard InChI is InChI=1S/C23H20ClN5O4/c1-15-12-25-23(32)29(15)18-8-6-16(7-9-18)22(31)33-14-21(30)27-20-10-11-26-28(20)13-17-4-2-3-5-19(17)24/h2-12H,13-14H2,1H3,(H,25,32)(H,27,30). The highest BCUT2D eigenvalue weighted by Gasteiger charge is 2.14. The molecule has 0 spiro atoms. The van der Waals surface area contributed by atoms with Crippen LogP contribution < -0.4 is 11.0 Å². The van der Waals surface area contributed by atoms with Crippen molar-refractivity contribution in [2.45, 2.75) is 13.5 Å². The van der Waals surface area contributed by atoms with Gasteiger partial charge in [-0.1, -0.05) is 29.8 Å². The number of halogens is 1. The molecule has 2 heterocycles. The van der Waals surface area contributed by atoms with Crippen LogP contribution in [-0.2, 0) is 16.1 Å². The number of carbonyl (C=O) groups excluding carboxylic acids is 2. The van der Waals surface area contributed by atoms with Crippen molar-refractivity contribution in [1.29, 1.82) is 0 Å². The summed E-state index contributed by atoms with van der Waals surface area (Å²) < 4.78 is 8.19. The van der Waals surface area contributed by atoms with Crippen molar-refractivity contribution in [2.24, 2.45) is 0 Å². The molecule has 0 fully saturated rings.